The van der Waals surface area contributed by atoms with Gasteiger partial charge in [0.1, 0.15) is 0 Å². The number of nitrogens with one attached hydrogen (secondary N) is 3. The first-order chi connectivity index (χ1) is 10.9. The van der Waals surface area contributed by atoms with E-state index in [2.05, 4.69) is 16.0 Å². The van der Waals surface area contributed by atoms with Crippen molar-refractivity contribution in [3.63, 3.8) is 0 Å². The second-order valence-corrected chi connectivity index (χ2v) is 5.56. The zero-order chi connectivity index (χ0) is 16.8. The van der Waals surface area contributed by atoms with Crippen LogP contribution in [-0.4, -0.2) is 18.4 Å². The first kappa shape index (κ1) is 16.8. The maximum absolute atomic E-state index is 12.0. The van der Waals surface area contributed by atoms with E-state index in [9.17, 15) is 9.59 Å². The molecule has 0 aromatic heterocycles. The predicted octanol–water partition coefficient (Wildman–Crippen LogP) is 3.66. The Labute approximate surface area is 140 Å². The first-order valence-electron chi connectivity index (χ1n) is 7.11. The molecule has 2 amide bonds. The van der Waals surface area contributed by atoms with Gasteiger partial charge in [0.2, 0.25) is 11.8 Å². The van der Waals surface area contributed by atoms with Crippen LogP contribution in [0.1, 0.15) is 12.5 Å². The standard InChI is InChI=1S/C17H18ClN3O2/c1-11-6-7-13(18)8-16(11)19-10-17(23)21-15-5-3-4-14(9-15)20-12(2)22/h3-9,19H,10H2,1-2H3,(H,20,22)(H,21,23). The van der Waals surface area contributed by atoms with Gasteiger partial charge in [-0.15, -0.1) is 0 Å². The molecule has 120 valence electrons. The number of carbonyl (C=O) groups is 2. The van der Waals surface area contributed by atoms with Crippen molar-refractivity contribution in [3.05, 3.63) is 53.1 Å². The van der Waals surface area contributed by atoms with Crippen molar-refractivity contribution in [2.75, 3.05) is 22.5 Å². The van der Waals surface area contributed by atoms with Crippen molar-refractivity contribution in [1.29, 1.82) is 0 Å². The summed E-state index contributed by atoms with van der Waals surface area (Å²) in [5.41, 5.74) is 3.08. The molecule has 0 fully saturated rings. The lowest BCUT2D eigenvalue weighted by Gasteiger charge is -2.11. The van der Waals surface area contributed by atoms with E-state index in [0.29, 0.717) is 16.4 Å². The average Bonchev–Trinajstić information content (AvgIpc) is 2.48. The number of rotatable bonds is 5. The highest BCUT2D eigenvalue weighted by Gasteiger charge is 2.05. The average molecular weight is 332 g/mol. The second-order valence-electron chi connectivity index (χ2n) is 5.12. The molecule has 0 spiro atoms. The number of benzene rings is 2. The van der Waals surface area contributed by atoms with Gasteiger partial charge in [0.05, 0.1) is 6.54 Å². The molecule has 23 heavy (non-hydrogen) atoms. The van der Waals surface area contributed by atoms with Crippen LogP contribution in [0.3, 0.4) is 0 Å². The topological polar surface area (TPSA) is 70.2 Å². The van der Waals surface area contributed by atoms with Gasteiger partial charge >= 0.3 is 0 Å². The Bertz CT molecular complexity index is 732. The Morgan fingerprint density at radius 2 is 1.74 bits per heavy atom. The molecule has 0 radical (unpaired) electrons. The Morgan fingerprint density at radius 3 is 2.43 bits per heavy atom. The number of hydrogen-bond acceptors (Lipinski definition) is 3. The molecule has 6 heteroatoms. The number of aryl methyl sites for hydroxylation is 1. The van der Waals surface area contributed by atoms with Crippen molar-refractivity contribution in [3.8, 4) is 0 Å². The van der Waals surface area contributed by atoms with Crippen LogP contribution in [0.15, 0.2) is 42.5 Å². The normalized spacial score (nSPS) is 10.0. The van der Waals surface area contributed by atoms with E-state index in [0.717, 1.165) is 11.3 Å². The third-order valence-corrected chi connectivity index (χ3v) is 3.34. The molecule has 0 aliphatic rings. The van der Waals surface area contributed by atoms with Crippen molar-refractivity contribution in [1.82, 2.24) is 0 Å². The Kier molecular flexibility index (Phi) is 5.60. The minimum Gasteiger partial charge on any atom is -0.376 e. The SMILES string of the molecule is CC(=O)Nc1cccc(NC(=O)CNc2cc(Cl)ccc2C)c1. The number of hydrogen-bond donors (Lipinski definition) is 3. The molecular formula is C17H18ClN3O2. The Morgan fingerprint density at radius 1 is 1.04 bits per heavy atom. The second kappa shape index (κ2) is 7.65. The van der Waals surface area contributed by atoms with Gasteiger partial charge in [-0.2, -0.15) is 0 Å². The van der Waals surface area contributed by atoms with Gasteiger partial charge in [-0.1, -0.05) is 23.7 Å². The maximum atomic E-state index is 12.0. The fourth-order valence-electron chi connectivity index (χ4n) is 2.04. The monoisotopic (exact) mass is 331 g/mol. The molecule has 3 N–H and O–H groups in total. The van der Waals surface area contributed by atoms with Crippen LogP contribution >= 0.6 is 11.6 Å². The van der Waals surface area contributed by atoms with E-state index < -0.39 is 0 Å². The third kappa shape index (κ3) is 5.30. The van der Waals surface area contributed by atoms with Crippen LogP contribution in [0.2, 0.25) is 5.02 Å². The summed E-state index contributed by atoms with van der Waals surface area (Å²) < 4.78 is 0. The lowest BCUT2D eigenvalue weighted by molar-refractivity contribution is -0.115. The van der Waals surface area contributed by atoms with Gasteiger partial charge in [0.15, 0.2) is 0 Å². The summed E-state index contributed by atoms with van der Waals surface area (Å²) >= 11 is 5.95. The molecule has 2 rings (SSSR count). The van der Waals surface area contributed by atoms with Gasteiger partial charge in [-0.05, 0) is 42.8 Å². The zero-order valence-corrected chi connectivity index (χ0v) is 13.7. The minimum atomic E-state index is -0.190. The van der Waals surface area contributed by atoms with Crippen molar-refractivity contribution >= 4 is 40.5 Å². The quantitative estimate of drug-likeness (QED) is 0.783. The number of carbonyl (C=O) groups excluding carboxylic acids is 2. The van der Waals surface area contributed by atoms with Crippen molar-refractivity contribution in [2.45, 2.75) is 13.8 Å². The lowest BCUT2D eigenvalue weighted by atomic mass is 10.2. The molecule has 0 heterocycles. The summed E-state index contributed by atoms with van der Waals surface area (Å²) in [5.74, 6) is -0.351. The molecule has 0 unspecified atom stereocenters. The van der Waals surface area contributed by atoms with Crippen LogP contribution in [0, 0.1) is 6.92 Å². The van der Waals surface area contributed by atoms with E-state index in [1.54, 1.807) is 36.4 Å². The van der Waals surface area contributed by atoms with Gasteiger partial charge in [-0.3, -0.25) is 9.59 Å². The molecule has 0 aliphatic heterocycles. The van der Waals surface area contributed by atoms with Crippen molar-refractivity contribution in [2.24, 2.45) is 0 Å². The molecule has 0 saturated carbocycles. The maximum Gasteiger partial charge on any atom is 0.243 e. The summed E-state index contributed by atoms with van der Waals surface area (Å²) in [4.78, 5) is 23.1. The van der Waals surface area contributed by atoms with Crippen LogP contribution in [-0.2, 0) is 9.59 Å². The molecule has 2 aromatic rings. The van der Waals surface area contributed by atoms with Crippen LogP contribution in [0.25, 0.3) is 0 Å². The van der Waals surface area contributed by atoms with E-state index in [-0.39, 0.29) is 18.4 Å². The molecule has 0 aliphatic carbocycles. The highest BCUT2D eigenvalue weighted by molar-refractivity contribution is 6.30. The minimum absolute atomic E-state index is 0.117. The molecule has 0 bridgehead atoms. The van der Waals surface area contributed by atoms with Crippen LogP contribution in [0.4, 0.5) is 17.1 Å². The number of halogens is 1. The van der Waals surface area contributed by atoms with Crippen LogP contribution in [0.5, 0.6) is 0 Å². The van der Waals surface area contributed by atoms with Gasteiger partial charge in [0, 0.05) is 29.0 Å². The number of amides is 2. The van der Waals surface area contributed by atoms with Crippen LogP contribution < -0.4 is 16.0 Å². The molecule has 2 aromatic carbocycles. The van der Waals surface area contributed by atoms with E-state index >= 15 is 0 Å². The van der Waals surface area contributed by atoms with Gasteiger partial charge < -0.3 is 16.0 Å². The molecule has 0 atom stereocenters. The Balaban J connectivity index is 1.94. The van der Waals surface area contributed by atoms with E-state index in [4.69, 9.17) is 11.6 Å². The highest BCUT2D eigenvalue weighted by Crippen LogP contribution is 2.20. The lowest BCUT2D eigenvalue weighted by Crippen LogP contribution is -2.22. The summed E-state index contributed by atoms with van der Waals surface area (Å²) in [6.45, 7) is 3.49. The smallest absolute Gasteiger partial charge is 0.243 e. The molecule has 0 saturated heterocycles. The van der Waals surface area contributed by atoms with Crippen molar-refractivity contribution < 1.29 is 9.59 Å². The highest BCUT2D eigenvalue weighted by atomic mass is 35.5. The molecular weight excluding hydrogens is 314 g/mol. The van der Waals surface area contributed by atoms with Gasteiger partial charge in [0.25, 0.3) is 0 Å². The zero-order valence-electron chi connectivity index (χ0n) is 12.9. The third-order valence-electron chi connectivity index (χ3n) is 3.11. The predicted molar refractivity (Wildman–Crippen MR) is 94.1 cm³/mol. The fourth-order valence-corrected chi connectivity index (χ4v) is 2.22. The first-order valence-corrected chi connectivity index (χ1v) is 7.49. The number of anilines is 3. The summed E-state index contributed by atoms with van der Waals surface area (Å²) in [6.07, 6.45) is 0. The summed E-state index contributed by atoms with van der Waals surface area (Å²) in [5, 5.41) is 9.11. The van der Waals surface area contributed by atoms with E-state index in [1.807, 2.05) is 13.0 Å². The van der Waals surface area contributed by atoms with E-state index in [1.165, 1.54) is 6.92 Å². The Hall–Kier alpha value is -2.53. The molecule has 5 nitrogen and oxygen atoms in total. The largest absolute Gasteiger partial charge is 0.376 e. The fraction of sp³-hybridized carbons (Fsp3) is 0.176. The summed E-state index contributed by atoms with van der Waals surface area (Å²) in [6, 6.07) is 12.4. The summed E-state index contributed by atoms with van der Waals surface area (Å²) in [7, 11) is 0. The van der Waals surface area contributed by atoms with Gasteiger partial charge in [-0.25, -0.2) is 0 Å².